The third kappa shape index (κ3) is 3.84. The Bertz CT molecular complexity index is 928. The molecule has 2 heterocycles. The molecule has 0 saturated carbocycles. The lowest BCUT2D eigenvalue weighted by Gasteiger charge is -2.22. The Kier molecular flexibility index (Phi) is 5.25. The Morgan fingerprint density at radius 2 is 1.54 bits per heavy atom. The highest BCUT2D eigenvalue weighted by Gasteiger charge is 2.41. The average molecular weight is 399 g/mol. The number of sulfone groups is 1. The van der Waals surface area contributed by atoms with Gasteiger partial charge in [-0.25, -0.2) is 8.42 Å². The Balaban J connectivity index is 1.36. The third-order valence-electron chi connectivity index (χ3n) is 5.94. The van der Waals surface area contributed by atoms with Gasteiger partial charge in [-0.05, 0) is 41.7 Å². The van der Waals surface area contributed by atoms with Gasteiger partial charge in [0.05, 0.1) is 10.6 Å². The summed E-state index contributed by atoms with van der Waals surface area (Å²) in [6.07, 6.45) is 0. The van der Waals surface area contributed by atoms with Crippen LogP contribution in [-0.2, 0) is 16.4 Å². The summed E-state index contributed by atoms with van der Waals surface area (Å²) in [5, 5.41) is 0. The van der Waals surface area contributed by atoms with Gasteiger partial charge in [0.15, 0.2) is 9.84 Å². The van der Waals surface area contributed by atoms with Gasteiger partial charge in [-0.3, -0.25) is 9.69 Å². The van der Waals surface area contributed by atoms with E-state index in [9.17, 15) is 13.2 Å². The fraction of sp³-hybridized carbons (Fsp3) is 0.409. The molecule has 5 nitrogen and oxygen atoms in total. The first-order valence-corrected chi connectivity index (χ1v) is 11.5. The van der Waals surface area contributed by atoms with Crippen molar-refractivity contribution in [2.75, 3.05) is 31.9 Å². The van der Waals surface area contributed by atoms with Crippen LogP contribution >= 0.6 is 0 Å². The molecular formula is C22H26N2O3S. The van der Waals surface area contributed by atoms with Crippen molar-refractivity contribution in [1.82, 2.24) is 9.80 Å². The fourth-order valence-corrected chi connectivity index (χ4v) is 5.26. The predicted octanol–water partition coefficient (Wildman–Crippen LogP) is 2.68. The van der Waals surface area contributed by atoms with Gasteiger partial charge in [0.1, 0.15) is 0 Å². The van der Waals surface area contributed by atoms with Crippen molar-refractivity contribution < 1.29 is 13.2 Å². The molecule has 6 heteroatoms. The highest BCUT2D eigenvalue weighted by molar-refractivity contribution is 7.91. The van der Waals surface area contributed by atoms with Crippen LogP contribution < -0.4 is 0 Å². The van der Waals surface area contributed by atoms with E-state index in [1.807, 2.05) is 11.0 Å². The lowest BCUT2D eigenvalue weighted by Crippen LogP contribution is -2.33. The second-order valence-corrected chi connectivity index (χ2v) is 10.1. The molecular weight excluding hydrogens is 372 g/mol. The highest BCUT2D eigenvalue weighted by Crippen LogP contribution is 2.32. The third-order valence-corrected chi connectivity index (χ3v) is 7.69. The van der Waals surface area contributed by atoms with Crippen LogP contribution in [0.5, 0.6) is 0 Å². The minimum absolute atomic E-state index is 0.00413. The average Bonchev–Trinajstić information content (AvgIpc) is 3.27. The lowest BCUT2D eigenvalue weighted by atomic mass is 10.0. The van der Waals surface area contributed by atoms with Gasteiger partial charge in [0.2, 0.25) is 0 Å². The molecule has 0 spiro atoms. The molecule has 0 aliphatic carbocycles. The molecule has 2 fully saturated rings. The summed E-state index contributed by atoms with van der Waals surface area (Å²) in [6, 6.07) is 16.9. The van der Waals surface area contributed by atoms with Crippen LogP contribution in [0.1, 0.15) is 22.8 Å². The van der Waals surface area contributed by atoms with Crippen LogP contribution in [-0.4, -0.2) is 56.1 Å². The topological polar surface area (TPSA) is 57.7 Å². The van der Waals surface area contributed by atoms with Gasteiger partial charge in [0.25, 0.3) is 5.91 Å². The van der Waals surface area contributed by atoms with E-state index in [1.54, 1.807) is 31.2 Å². The van der Waals surface area contributed by atoms with Gasteiger partial charge < -0.3 is 4.90 Å². The van der Waals surface area contributed by atoms with Crippen LogP contribution in [0, 0.1) is 11.8 Å². The number of likely N-dealkylation sites (tertiary alicyclic amines) is 2. The molecule has 2 aromatic rings. The number of amides is 1. The monoisotopic (exact) mass is 398 g/mol. The summed E-state index contributed by atoms with van der Waals surface area (Å²) < 4.78 is 23.9. The van der Waals surface area contributed by atoms with Gasteiger partial charge in [0, 0.05) is 38.3 Å². The Hall–Kier alpha value is -2.18. The number of fused-ring (bicyclic) bond motifs is 1. The number of hydrogen-bond donors (Lipinski definition) is 0. The molecule has 2 aliphatic heterocycles. The van der Waals surface area contributed by atoms with Crippen LogP contribution in [0.2, 0.25) is 0 Å². The van der Waals surface area contributed by atoms with Crippen molar-refractivity contribution in [2.24, 2.45) is 11.8 Å². The summed E-state index contributed by atoms with van der Waals surface area (Å²) in [5.74, 6) is 1.11. The van der Waals surface area contributed by atoms with Crippen molar-refractivity contribution in [3.05, 3.63) is 65.7 Å². The Morgan fingerprint density at radius 3 is 2.11 bits per heavy atom. The highest BCUT2D eigenvalue weighted by atomic mass is 32.2. The molecule has 2 atom stereocenters. The van der Waals surface area contributed by atoms with E-state index in [0.717, 1.165) is 32.7 Å². The number of rotatable bonds is 5. The van der Waals surface area contributed by atoms with E-state index in [4.69, 9.17) is 0 Å². The molecule has 0 radical (unpaired) electrons. The summed E-state index contributed by atoms with van der Waals surface area (Å²) >= 11 is 0. The number of benzene rings is 2. The first-order valence-electron chi connectivity index (χ1n) is 9.84. The molecule has 2 saturated heterocycles. The van der Waals surface area contributed by atoms with Gasteiger partial charge in [-0.1, -0.05) is 37.3 Å². The Labute approximate surface area is 166 Å². The van der Waals surface area contributed by atoms with E-state index in [2.05, 4.69) is 29.2 Å². The Morgan fingerprint density at radius 1 is 0.929 bits per heavy atom. The smallest absolute Gasteiger partial charge is 0.253 e. The summed E-state index contributed by atoms with van der Waals surface area (Å²) in [4.78, 5) is 17.5. The molecule has 148 valence electrons. The minimum Gasteiger partial charge on any atom is -0.338 e. The van der Waals surface area contributed by atoms with E-state index >= 15 is 0 Å². The van der Waals surface area contributed by atoms with Crippen molar-refractivity contribution in [2.45, 2.75) is 18.4 Å². The maximum atomic E-state index is 12.8. The molecule has 0 bridgehead atoms. The predicted molar refractivity (Wildman–Crippen MR) is 109 cm³/mol. The minimum atomic E-state index is -3.23. The second kappa shape index (κ2) is 7.68. The van der Waals surface area contributed by atoms with Crippen molar-refractivity contribution in [3.8, 4) is 0 Å². The first kappa shape index (κ1) is 19.2. The molecule has 0 N–H and O–H groups in total. The largest absolute Gasteiger partial charge is 0.338 e. The van der Waals surface area contributed by atoms with E-state index < -0.39 is 9.84 Å². The SMILES string of the molecule is CCS(=O)(=O)c1ccc(C(=O)N2C[C@H]3CN(Cc4ccccc4)C[C@@H]3C2)cc1. The van der Waals surface area contributed by atoms with Gasteiger partial charge in [-0.2, -0.15) is 0 Å². The van der Waals surface area contributed by atoms with E-state index in [-0.39, 0.29) is 16.6 Å². The molecule has 28 heavy (non-hydrogen) atoms. The van der Waals surface area contributed by atoms with Gasteiger partial charge >= 0.3 is 0 Å². The first-order chi connectivity index (χ1) is 13.5. The fourth-order valence-electron chi connectivity index (χ4n) is 4.38. The van der Waals surface area contributed by atoms with Crippen LogP contribution in [0.25, 0.3) is 0 Å². The zero-order valence-corrected chi connectivity index (χ0v) is 16.9. The number of carbonyl (C=O) groups is 1. The molecule has 0 unspecified atom stereocenters. The molecule has 2 aliphatic rings. The van der Waals surface area contributed by atoms with E-state index in [0.29, 0.717) is 17.4 Å². The number of hydrogen-bond acceptors (Lipinski definition) is 4. The lowest BCUT2D eigenvalue weighted by molar-refractivity contribution is 0.0773. The maximum absolute atomic E-state index is 12.8. The molecule has 4 rings (SSSR count). The second-order valence-electron chi connectivity index (χ2n) is 7.84. The van der Waals surface area contributed by atoms with E-state index in [1.165, 1.54) is 5.56 Å². The molecule has 2 aromatic carbocycles. The molecule has 0 aromatic heterocycles. The zero-order chi connectivity index (χ0) is 19.7. The molecule has 1 amide bonds. The van der Waals surface area contributed by atoms with Crippen LogP contribution in [0.15, 0.2) is 59.5 Å². The van der Waals surface area contributed by atoms with Crippen molar-refractivity contribution in [1.29, 1.82) is 0 Å². The van der Waals surface area contributed by atoms with Crippen LogP contribution in [0.4, 0.5) is 0 Å². The van der Waals surface area contributed by atoms with Crippen molar-refractivity contribution >= 4 is 15.7 Å². The normalized spacial score (nSPS) is 22.4. The summed E-state index contributed by atoms with van der Waals surface area (Å²) in [7, 11) is -3.23. The summed E-state index contributed by atoms with van der Waals surface area (Å²) in [5.41, 5.74) is 1.90. The van der Waals surface area contributed by atoms with Crippen LogP contribution in [0.3, 0.4) is 0 Å². The number of nitrogens with zero attached hydrogens (tertiary/aromatic N) is 2. The number of carbonyl (C=O) groups excluding carboxylic acids is 1. The maximum Gasteiger partial charge on any atom is 0.253 e. The quantitative estimate of drug-likeness (QED) is 0.777. The summed E-state index contributed by atoms with van der Waals surface area (Å²) in [6.45, 7) is 6.20. The zero-order valence-electron chi connectivity index (χ0n) is 16.1. The van der Waals surface area contributed by atoms with Gasteiger partial charge in [-0.15, -0.1) is 0 Å². The standard InChI is InChI=1S/C22H26N2O3S/c1-2-28(26,27)21-10-8-18(9-11-21)22(25)24-15-19-13-23(14-20(19)16-24)12-17-6-4-3-5-7-17/h3-11,19-20H,2,12-16H2,1H3/t19-,20-/m1/s1. The van der Waals surface area contributed by atoms with Crippen molar-refractivity contribution in [3.63, 3.8) is 0 Å².